The van der Waals surface area contributed by atoms with E-state index in [9.17, 15) is 10.1 Å². The smallest absolute Gasteiger partial charge is 0.231 e. The van der Waals surface area contributed by atoms with Gasteiger partial charge in [-0.05, 0) is 23.8 Å². The first-order chi connectivity index (χ1) is 14.8. The van der Waals surface area contributed by atoms with Crippen LogP contribution in [0.5, 0.6) is 0 Å². The van der Waals surface area contributed by atoms with Crippen LogP contribution in [0.4, 0.5) is 0 Å². The molecule has 1 amide bonds. The van der Waals surface area contributed by atoms with Gasteiger partial charge < -0.3 is 5.32 Å². The molecule has 7 heteroatoms. The van der Waals surface area contributed by atoms with Gasteiger partial charge in [0.2, 0.25) is 5.91 Å². The lowest BCUT2D eigenvalue weighted by molar-refractivity contribution is -0.120. The second-order valence-corrected chi connectivity index (χ2v) is 10.1. The van der Waals surface area contributed by atoms with Crippen molar-refractivity contribution in [2.45, 2.75) is 75.5 Å². The predicted octanol–water partition coefficient (Wildman–Crippen LogP) is 4.86. The summed E-state index contributed by atoms with van der Waals surface area (Å²) in [4.78, 5) is 12.6. The molecule has 1 aromatic heterocycles. The third-order valence-corrected chi connectivity index (χ3v) is 6.64. The molecule has 1 aliphatic rings. The largest absolute Gasteiger partial charge is 0.337 e. The molecular formula is C24H31N5OS. The highest BCUT2D eigenvalue weighted by Gasteiger charge is 2.33. The normalized spacial score (nSPS) is 15.8. The SMILES string of the molecule is C=CCn1c(SCC(=O)NC2(C#N)CCCCC2)nnc1-c1ccc(C(C)(C)C)cc1. The minimum atomic E-state index is -0.718. The van der Waals surface area contributed by atoms with Crippen molar-refractivity contribution in [2.24, 2.45) is 0 Å². The summed E-state index contributed by atoms with van der Waals surface area (Å²) in [6, 6.07) is 10.7. The topological polar surface area (TPSA) is 83.6 Å². The van der Waals surface area contributed by atoms with Gasteiger partial charge in [-0.2, -0.15) is 5.26 Å². The van der Waals surface area contributed by atoms with Crippen LogP contribution in [0.1, 0.15) is 58.4 Å². The number of benzene rings is 1. The second kappa shape index (κ2) is 9.69. The summed E-state index contributed by atoms with van der Waals surface area (Å²) in [6.45, 7) is 11.0. The number of aromatic nitrogens is 3. The number of thioether (sulfide) groups is 1. The summed E-state index contributed by atoms with van der Waals surface area (Å²) in [6.07, 6.45) is 6.33. The highest BCUT2D eigenvalue weighted by molar-refractivity contribution is 7.99. The maximum atomic E-state index is 12.6. The molecule has 0 bridgehead atoms. The Labute approximate surface area is 189 Å². The van der Waals surface area contributed by atoms with E-state index in [0.29, 0.717) is 11.7 Å². The van der Waals surface area contributed by atoms with E-state index in [2.05, 4.69) is 73.2 Å². The van der Waals surface area contributed by atoms with Crippen LogP contribution < -0.4 is 5.32 Å². The lowest BCUT2D eigenvalue weighted by Crippen LogP contribution is -2.49. The van der Waals surface area contributed by atoms with Crippen LogP contribution in [0.15, 0.2) is 42.1 Å². The Kier molecular flexibility index (Phi) is 7.22. The number of amides is 1. The number of allylic oxidation sites excluding steroid dienone is 1. The first-order valence-electron chi connectivity index (χ1n) is 10.8. The predicted molar refractivity (Wildman–Crippen MR) is 125 cm³/mol. The first kappa shape index (κ1) is 23.1. The zero-order chi connectivity index (χ0) is 22.5. The molecule has 0 unspecified atom stereocenters. The molecule has 1 aliphatic carbocycles. The van der Waals surface area contributed by atoms with E-state index in [1.165, 1.54) is 17.3 Å². The quantitative estimate of drug-likeness (QED) is 0.494. The molecule has 1 heterocycles. The summed E-state index contributed by atoms with van der Waals surface area (Å²) < 4.78 is 1.97. The van der Waals surface area contributed by atoms with Crippen molar-refractivity contribution in [2.75, 3.05) is 5.75 Å². The number of nitrogens with one attached hydrogen (secondary N) is 1. The van der Waals surface area contributed by atoms with Crippen molar-refractivity contribution < 1.29 is 4.79 Å². The van der Waals surface area contributed by atoms with Crippen LogP contribution in [-0.4, -0.2) is 32.0 Å². The molecule has 0 radical (unpaired) electrons. The van der Waals surface area contributed by atoms with Gasteiger partial charge in [0.05, 0.1) is 11.8 Å². The molecule has 164 valence electrons. The van der Waals surface area contributed by atoms with E-state index in [4.69, 9.17) is 0 Å². The molecular weight excluding hydrogens is 406 g/mol. The monoisotopic (exact) mass is 437 g/mol. The third kappa shape index (κ3) is 5.56. The Morgan fingerprint density at radius 1 is 1.26 bits per heavy atom. The van der Waals surface area contributed by atoms with Crippen LogP contribution in [0.2, 0.25) is 0 Å². The van der Waals surface area contributed by atoms with Crippen molar-refractivity contribution in [3.8, 4) is 17.5 Å². The number of carbonyl (C=O) groups is 1. The van der Waals surface area contributed by atoms with Gasteiger partial charge in [0.15, 0.2) is 11.0 Å². The molecule has 1 saturated carbocycles. The second-order valence-electron chi connectivity index (χ2n) is 9.12. The van der Waals surface area contributed by atoms with Crippen molar-refractivity contribution in [1.29, 1.82) is 5.26 Å². The molecule has 6 nitrogen and oxygen atoms in total. The minimum Gasteiger partial charge on any atom is -0.337 e. The average molecular weight is 438 g/mol. The molecule has 0 atom stereocenters. The summed E-state index contributed by atoms with van der Waals surface area (Å²) in [5.74, 6) is 0.809. The number of nitrogens with zero attached hydrogens (tertiary/aromatic N) is 4. The van der Waals surface area contributed by atoms with E-state index in [1.807, 2.05) is 4.57 Å². The molecule has 0 saturated heterocycles. The van der Waals surface area contributed by atoms with Gasteiger partial charge in [-0.15, -0.1) is 16.8 Å². The summed E-state index contributed by atoms with van der Waals surface area (Å²) in [5.41, 5.74) is 1.60. The van der Waals surface area contributed by atoms with Gasteiger partial charge >= 0.3 is 0 Å². The van der Waals surface area contributed by atoms with Gasteiger partial charge in [-0.25, -0.2) is 0 Å². The Bertz CT molecular complexity index is 959. The zero-order valence-corrected chi connectivity index (χ0v) is 19.5. The van der Waals surface area contributed by atoms with Crippen LogP contribution in [0, 0.1) is 11.3 Å². The Morgan fingerprint density at radius 3 is 2.52 bits per heavy atom. The highest BCUT2D eigenvalue weighted by atomic mass is 32.2. The van der Waals surface area contributed by atoms with Crippen LogP contribution >= 0.6 is 11.8 Å². The van der Waals surface area contributed by atoms with E-state index in [0.717, 1.165) is 43.5 Å². The lowest BCUT2D eigenvalue weighted by atomic mass is 9.83. The van der Waals surface area contributed by atoms with Gasteiger partial charge in [0.1, 0.15) is 5.54 Å². The van der Waals surface area contributed by atoms with E-state index >= 15 is 0 Å². The number of hydrogen-bond acceptors (Lipinski definition) is 5. The average Bonchev–Trinajstić information content (AvgIpc) is 3.15. The van der Waals surface area contributed by atoms with Gasteiger partial charge in [-0.1, -0.05) is 82.1 Å². The molecule has 0 spiro atoms. The molecule has 2 aromatic rings. The van der Waals surface area contributed by atoms with Gasteiger partial charge in [-0.3, -0.25) is 9.36 Å². The van der Waals surface area contributed by atoms with E-state index < -0.39 is 5.54 Å². The van der Waals surface area contributed by atoms with Crippen molar-refractivity contribution in [1.82, 2.24) is 20.1 Å². The maximum absolute atomic E-state index is 12.6. The first-order valence-corrected chi connectivity index (χ1v) is 11.8. The van der Waals surface area contributed by atoms with Crippen LogP contribution in [0.25, 0.3) is 11.4 Å². The summed E-state index contributed by atoms with van der Waals surface area (Å²) >= 11 is 1.34. The summed E-state index contributed by atoms with van der Waals surface area (Å²) in [7, 11) is 0. The third-order valence-electron chi connectivity index (χ3n) is 5.67. The number of rotatable bonds is 7. The highest BCUT2D eigenvalue weighted by Crippen LogP contribution is 2.29. The summed E-state index contributed by atoms with van der Waals surface area (Å²) in [5, 5.41) is 21.9. The number of carbonyl (C=O) groups excluding carboxylic acids is 1. The Hall–Kier alpha value is -2.59. The molecule has 0 aliphatic heterocycles. The van der Waals surface area contributed by atoms with Crippen molar-refractivity contribution in [3.05, 3.63) is 42.5 Å². The lowest BCUT2D eigenvalue weighted by Gasteiger charge is -2.31. The van der Waals surface area contributed by atoms with E-state index in [1.54, 1.807) is 6.08 Å². The molecule has 31 heavy (non-hydrogen) atoms. The van der Waals surface area contributed by atoms with Crippen LogP contribution in [0.3, 0.4) is 0 Å². The molecule has 1 N–H and O–H groups in total. The van der Waals surface area contributed by atoms with Crippen LogP contribution in [-0.2, 0) is 16.8 Å². The van der Waals surface area contributed by atoms with Gasteiger partial charge in [0.25, 0.3) is 0 Å². The van der Waals surface area contributed by atoms with Crippen molar-refractivity contribution in [3.63, 3.8) is 0 Å². The number of hydrogen-bond donors (Lipinski definition) is 1. The Morgan fingerprint density at radius 2 is 1.94 bits per heavy atom. The molecule has 1 aromatic carbocycles. The standard InChI is InChI=1S/C24H31N5OS/c1-5-15-29-21(18-9-11-19(12-10-18)23(2,3)4)27-28-22(29)31-16-20(30)26-24(17-25)13-7-6-8-14-24/h5,9-12H,1,6-8,13-16H2,2-4H3,(H,26,30). The fraction of sp³-hybridized carbons (Fsp3) is 0.500. The zero-order valence-electron chi connectivity index (χ0n) is 18.6. The Balaban J connectivity index is 1.72. The van der Waals surface area contributed by atoms with Gasteiger partial charge in [0, 0.05) is 12.1 Å². The fourth-order valence-electron chi connectivity index (χ4n) is 3.88. The van der Waals surface area contributed by atoms with E-state index in [-0.39, 0.29) is 17.1 Å². The molecule has 1 fully saturated rings. The fourth-order valence-corrected chi connectivity index (χ4v) is 4.62. The minimum absolute atomic E-state index is 0.0841. The molecule has 3 rings (SSSR count). The van der Waals surface area contributed by atoms with Crippen molar-refractivity contribution >= 4 is 17.7 Å². The maximum Gasteiger partial charge on any atom is 0.231 e. The number of nitriles is 1.